The molecule has 0 radical (unpaired) electrons. The maximum absolute atomic E-state index is 12.9. The van der Waals surface area contributed by atoms with E-state index in [1.54, 1.807) is 12.0 Å². The minimum Gasteiger partial charge on any atom is -0.497 e. The first-order valence-electron chi connectivity index (χ1n) is 11.6. The molecule has 1 aromatic heterocycles. The van der Waals surface area contributed by atoms with Crippen molar-refractivity contribution in [1.82, 2.24) is 19.7 Å². The Balaban J connectivity index is 1.40. The standard InChI is InChI=1S/C25H33N5O3S/c1-18(2)15-30-24(29-9-11-33-12-10-29)26-27-25(30)34-17-23(31)28(3)16-19-5-6-21-14-22(32-4)8-7-20(21)13-19/h5-8,13-14,18H,9-12,15-17H2,1-4H3. The molecular weight excluding hydrogens is 450 g/mol. The Morgan fingerprint density at radius 1 is 1.15 bits per heavy atom. The van der Waals surface area contributed by atoms with Gasteiger partial charge in [-0.15, -0.1) is 10.2 Å². The number of carbonyl (C=O) groups excluding carboxylic acids is 1. The van der Waals surface area contributed by atoms with Crippen LogP contribution in [-0.2, 0) is 22.6 Å². The highest BCUT2D eigenvalue weighted by molar-refractivity contribution is 7.99. The Morgan fingerprint density at radius 2 is 1.88 bits per heavy atom. The second-order valence-electron chi connectivity index (χ2n) is 8.97. The third-order valence-corrected chi connectivity index (χ3v) is 6.77. The molecule has 8 nitrogen and oxygen atoms in total. The number of benzene rings is 2. The second kappa shape index (κ2) is 11.1. The second-order valence-corrected chi connectivity index (χ2v) is 9.91. The minimum atomic E-state index is 0.0619. The van der Waals surface area contributed by atoms with Gasteiger partial charge in [0.15, 0.2) is 5.16 Å². The first-order chi connectivity index (χ1) is 16.4. The average Bonchev–Trinajstić information content (AvgIpc) is 3.24. The molecule has 34 heavy (non-hydrogen) atoms. The fourth-order valence-electron chi connectivity index (χ4n) is 4.01. The van der Waals surface area contributed by atoms with E-state index in [0.29, 0.717) is 31.4 Å². The highest BCUT2D eigenvalue weighted by Crippen LogP contribution is 2.25. The van der Waals surface area contributed by atoms with E-state index in [0.717, 1.165) is 52.8 Å². The van der Waals surface area contributed by atoms with E-state index in [9.17, 15) is 4.79 Å². The third-order valence-electron chi connectivity index (χ3n) is 5.82. The van der Waals surface area contributed by atoms with Crippen LogP contribution < -0.4 is 9.64 Å². The number of fused-ring (bicyclic) bond motifs is 1. The number of amides is 1. The van der Waals surface area contributed by atoms with Crippen LogP contribution in [0.15, 0.2) is 41.6 Å². The number of hydrogen-bond donors (Lipinski definition) is 0. The van der Waals surface area contributed by atoms with E-state index in [1.807, 2.05) is 25.2 Å². The minimum absolute atomic E-state index is 0.0619. The van der Waals surface area contributed by atoms with Gasteiger partial charge in [-0.25, -0.2) is 0 Å². The molecule has 1 aliphatic rings. The van der Waals surface area contributed by atoms with Gasteiger partial charge in [0.2, 0.25) is 11.9 Å². The van der Waals surface area contributed by atoms with Crippen molar-refractivity contribution in [2.24, 2.45) is 5.92 Å². The maximum atomic E-state index is 12.9. The van der Waals surface area contributed by atoms with E-state index >= 15 is 0 Å². The largest absolute Gasteiger partial charge is 0.497 e. The summed E-state index contributed by atoms with van der Waals surface area (Å²) in [4.78, 5) is 16.9. The average molecular weight is 484 g/mol. The molecular formula is C25H33N5O3S. The van der Waals surface area contributed by atoms with Crippen LogP contribution >= 0.6 is 11.8 Å². The number of nitrogens with zero attached hydrogens (tertiary/aromatic N) is 5. The normalized spacial score (nSPS) is 14.1. The number of hydrogen-bond acceptors (Lipinski definition) is 7. The Hall–Kier alpha value is -2.78. The topological polar surface area (TPSA) is 72.7 Å². The highest BCUT2D eigenvalue weighted by Gasteiger charge is 2.22. The molecule has 2 aromatic carbocycles. The van der Waals surface area contributed by atoms with Crippen LogP contribution in [-0.4, -0.2) is 71.8 Å². The molecule has 0 bridgehead atoms. The number of anilines is 1. The van der Waals surface area contributed by atoms with Crippen LogP contribution in [0.3, 0.4) is 0 Å². The van der Waals surface area contributed by atoms with Crippen LogP contribution in [0.25, 0.3) is 10.8 Å². The Labute approximate surface area is 205 Å². The fraction of sp³-hybridized carbons (Fsp3) is 0.480. The number of rotatable bonds is 9. The summed E-state index contributed by atoms with van der Waals surface area (Å²) in [5, 5.41) is 11.9. The van der Waals surface area contributed by atoms with Crippen LogP contribution in [0, 0.1) is 5.92 Å². The van der Waals surface area contributed by atoms with Gasteiger partial charge in [-0.1, -0.05) is 43.8 Å². The molecule has 1 aliphatic heterocycles. The molecule has 0 unspecified atom stereocenters. The lowest BCUT2D eigenvalue weighted by molar-refractivity contribution is -0.127. The molecule has 4 rings (SSSR count). The Bertz CT molecular complexity index is 1130. The van der Waals surface area contributed by atoms with Crippen molar-refractivity contribution >= 4 is 34.4 Å². The third kappa shape index (κ3) is 5.82. The summed E-state index contributed by atoms with van der Waals surface area (Å²) in [6.07, 6.45) is 0. The van der Waals surface area contributed by atoms with Crippen molar-refractivity contribution in [3.8, 4) is 5.75 Å². The van der Waals surface area contributed by atoms with Crippen molar-refractivity contribution in [3.63, 3.8) is 0 Å². The fourth-order valence-corrected chi connectivity index (χ4v) is 4.89. The molecule has 0 spiro atoms. The van der Waals surface area contributed by atoms with Crippen LogP contribution in [0.5, 0.6) is 5.75 Å². The Morgan fingerprint density at radius 3 is 2.62 bits per heavy atom. The van der Waals surface area contributed by atoms with Gasteiger partial charge in [-0.05, 0) is 40.5 Å². The van der Waals surface area contributed by atoms with E-state index in [4.69, 9.17) is 9.47 Å². The molecule has 1 saturated heterocycles. The van der Waals surface area contributed by atoms with Gasteiger partial charge in [-0.2, -0.15) is 0 Å². The van der Waals surface area contributed by atoms with Crippen LogP contribution in [0.4, 0.5) is 5.95 Å². The summed E-state index contributed by atoms with van der Waals surface area (Å²) in [5.41, 5.74) is 1.09. The van der Waals surface area contributed by atoms with Gasteiger partial charge in [0.05, 0.1) is 26.1 Å². The van der Waals surface area contributed by atoms with Crippen molar-refractivity contribution in [2.75, 3.05) is 51.1 Å². The molecule has 182 valence electrons. The summed E-state index contributed by atoms with van der Waals surface area (Å²) < 4.78 is 12.9. The van der Waals surface area contributed by atoms with E-state index < -0.39 is 0 Å². The molecule has 3 aromatic rings. The predicted octanol–water partition coefficient (Wildman–Crippen LogP) is 3.68. The predicted molar refractivity (Wildman–Crippen MR) is 136 cm³/mol. The first kappa shape index (κ1) is 24.3. The van der Waals surface area contributed by atoms with Gasteiger partial charge in [0, 0.05) is 33.2 Å². The summed E-state index contributed by atoms with van der Waals surface area (Å²) in [5.74, 6) is 2.54. The lowest BCUT2D eigenvalue weighted by atomic mass is 10.1. The van der Waals surface area contributed by atoms with Gasteiger partial charge >= 0.3 is 0 Å². The van der Waals surface area contributed by atoms with Crippen LogP contribution in [0.2, 0.25) is 0 Å². The lowest BCUT2D eigenvalue weighted by Gasteiger charge is -2.28. The number of morpholine rings is 1. The van der Waals surface area contributed by atoms with Gasteiger partial charge in [0.1, 0.15) is 5.75 Å². The zero-order chi connectivity index (χ0) is 24.1. The number of methoxy groups -OCH3 is 1. The highest BCUT2D eigenvalue weighted by atomic mass is 32.2. The van der Waals surface area contributed by atoms with E-state index in [1.165, 1.54) is 11.8 Å². The van der Waals surface area contributed by atoms with Crippen molar-refractivity contribution in [3.05, 3.63) is 42.0 Å². The number of ether oxygens (including phenoxy) is 2. The molecule has 0 N–H and O–H groups in total. The summed E-state index contributed by atoms with van der Waals surface area (Å²) in [7, 11) is 3.52. The van der Waals surface area contributed by atoms with Crippen molar-refractivity contribution < 1.29 is 14.3 Å². The molecule has 1 amide bonds. The van der Waals surface area contributed by atoms with Crippen molar-refractivity contribution in [2.45, 2.75) is 32.1 Å². The van der Waals surface area contributed by atoms with Gasteiger partial charge < -0.3 is 19.3 Å². The van der Waals surface area contributed by atoms with E-state index in [-0.39, 0.29) is 5.91 Å². The zero-order valence-corrected chi connectivity index (χ0v) is 21.2. The summed E-state index contributed by atoms with van der Waals surface area (Å²) in [6.45, 7) is 8.73. The number of carbonyl (C=O) groups is 1. The summed E-state index contributed by atoms with van der Waals surface area (Å²) >= 11 is 1.45. The van der Waals surface area contributed by atoms with Gasteiger partial charge in [0.25, 0.3) is 0 Å². The molecule has 2 heterocycles. The molecule has 1 fully saturated rings. The Kier molecular flexibility index (Phi) is 7.95. The maximum Gasteiger partial charge on any atom is 0.233 e. The zero-order valence-electron chi connectivity index (χ0n) is 20.4. The van der Waals surface area contributed by atoms with Crippen LogP contribution in [0.1, 0.15) is 19.4 Å². The summed E-state index contributed by atoms with van der Waals surface area (Å²) in [6, 6.07) is 12.3. The first-order valence-corrected chi connectivity index (χ1v) is 12.6. The molecule has 0 saturated carbocycles. The molecule has 9 heteroatoms. The van der Waals surface area contributed by atoms with Gasteiger partial charge in [-0.3, -0.25) is 9.36 Å². The monoisotopic (exact) mass is 483 g/mol. The lowest BCUT2D eigenvalue weighted by Crippen LogP contribution is -2.38. The quantitative estimate of drug-likeness (QED) is 0.430. The smallest absolute Gasteiger partial charge is 0.233 e. The number of thioether (sulfide) groups is 1. The molecule has 0 atom stereocenters. The SMILES string of the molecule is COc1ccc2cc(CN(C)C(=O)CSc3nnc(N4CCOCC4)n3CC(C)C)ccc2c1. The van der Waals surface area contributed by atoms with Crippen molar-refractivity contribution in [1.29, 1.82) is 0 Å². The van der Waals surface area contributed by atoms with E-state index in [2.05, 4.69) is 51.7 Å². The molecule has 0 aliphatic carbocycles. The number of aromatic nitrogens is 3.